The van der Waals surface area contributed by atoms with Crippen LogP contribution in [0.3, 0.4) is 0 Å². The Balaban J connectivity index is 2.94. The molecule has 0 bridgehead atoms. The van der Waals surface area contributed by atoms with Crippen LogP contribution in [-0.2, 0) is 18.6 Å². The zero-order valence-electron chi connectivity index (χ0n) is 7.64. The summed E-state index contributed by atoms with van der Waals surface area (Å²) in [6.07, 6.45) is -3.38. The molecule has 0 saturated carbocycles. The lowest BCUT2D eigenvalue weighted by Gasteiger charge is -2.20. The van der Waals surface area contributed by atoms with Gasteiger partial charge in [-0.2, -0.15) is 0 Å². The highest BCUT2D eigenvalue weighted by atomic mass is 31.2. The molecular formula is C6H8O9P-. The Kier molecular flexibility index (Phi) is 3.56. The van der Waals surface area contributed by atoms with Gasteiger partial charge in [0.2, 0.25) is 5.76 Å². The molecule has 0 aromatic carbocycles. The highest BCUT2D eigenvalue weighted by Gasteiger charge is 2.37. The summed E-state index contributed by atoms with van der Waals surface area (Å²) in [6.45, 7) is -0.854. The van der Waals surface area contributed by atoms with E-state index in [1.54, 1.807) is 0 Å². The number of rotatable bonds is 4. The van der Waals surface area contributed by atoms with Crippen LogP contribution >= 0.6 is 7.82 Å². The quantitative estimate of drug-likeness (QED) is 0.302. The molecule has 1 rings (SSSR count). The van der Waals surface area contributed by atoms with Crippen molar-refractivity contribution in [2.45, 2.75) is 12.2 Å². The van der Waals surface area contributed by atoms with Gasteiger partial charge in [0.15, 0.2) is 0 Å². The van der Waals surface area contributed by atoms with Crippen LogP contribution < -0.4 is 5.11 Å². The number of phosphoric acid groups is 1. The molecule has 0 aromatic heterocycles. The molecule has 0 aromatic rings. The van der Waals surface area contributed by atoms with Gasteiger partial charge < -0.3 is 24.6 Å². The van der Waals surface area contributed by atoms with E-state index in [9.17, 15) is 14.5 Å². The summed E-state index contributed by atoms with van der Waals surface area (Å²) < 4.78 is 18.5. The van der Waals surface area contributed by atoms with Gasteiger partial charge in [-0.25, -0.2) is 9.36 Å². The van der Waals surface area contributed by atoms with E-state index in [0.29, 0.717) is 0 Å². The Labute approximate surface area is 88.8 Å². The number of esters is 1. The number of ether oxygens (including phenoxy) is 1. The second-order valence-corrected chi connectivity index (χ2v) is 4.01. The number of carbonyl (C=O) groups is 1. The maximum Gasteiger partial charge on any atom is 0.525 e. The van der Waals surface area contributed by atoms with Crippen molar-refractivity contribution in [2.75, 3.05) is 6.61 Å². The molecule has 0 radical (unpaired) electrons. The van der Waals surface area contributed by atoms with Crippen molar-refractivity contribution in [2.24, 2.45) is 0 Å². The molecule has 16 heavy (non-hydrogen) atoms. The molecule has 0 amide bonds. The standard InChI is InChI=1S/C6H9O9P/c7-1-2(8)4-3(9)5(6(10)14-4)15-16(11,12)13/h2,4,7-9H,1H2,(H2,11,12,13)/p-1. The first-order valence-corrected chi connectivity index (χ1v) is 5.45. The zero-order chi connectivity index (χ0) is 12.5. The molecule has 0 saturated heterocycles. The highest BCUT2D eigenvalue weighted by Crippen LogP contribution is 2.41. The minimum Gasteiger partial charge on any atom is -0.870 e. The molecule has 1 aliphatic rings. The molecule has 1 heterocycles. The summed E-state index contributed by atoms with van der Waals surface area (Å²) in [5.41, 5.74) is 0. The van der Waals surface area contributed by atoms with Gasteiger partial charge in [-0.1, -0.05) is 0 Å². The predicted octanol–water partition coefficient (Wildman–Crippen LogP) is -3.05. The van der Waals surface area contributed by atoms with Gasteiger partial charge in [-0.15, -0.1) is 0 Å². The summed E-state index contributed by atoms with van der Waals surface area (Å²) in [5, 5.41) is 28.8. The van der Waals surface area contributed by atoms with Crippen LogP contribution in [-0.4, -0.2) is 44.8 Å². The number of cyclic esters (lactones) is 1. The molecule has 4 N–H and O–H groups in total. The van der Waals surface area contributed by atoms with Crippen molar-refractivity contribution in [3.63, 3.8) is 0 Å². The summed E-state index contributed by atoms with van der Waals surface area (Å²) in [4.78, 5) is 27.7. The Morgan fingerprint density at radius 3 is 2.56 bits per heavy atom. The summed E-state index contributed by atoms with van der Waals surface area (Å²) in [6, 6.07) is 0. The topological polar surface area (TPSA) is 157 Å². The molecule has 1 aliphatic heterocycles. The lowest BCUT2D eigenvalue weighted by molar-refractivity contribution is -0.323. The number of hydrogen-bond acceptors (Lipinski definition) is 7. The Morgan fingerprint density at radius 2 is 2.12 bits per heavy atom. The van der Waals surface area contributed by atoms with Crippen LogP contribution in [0.2, 0.25) is 0 Å². The van der Waals surface area contributed by atoms with Crippen LogP contribution in [0.1, 0.15) is 0 Å². The summed E-state index contributed by atoms with van der Waals surface area (Å²) in [7, 11) is -5.06. The van der Waals surface area contributed by atoms with E-state index in [1.165, 1.54) is 0 Å². The lowest BCUT2D eigenvalue weighted by Crippen LogP contribution is -2.35. The third-order valence-corrected chi connectivity index (χ3v) is 2.07. The third kappa shape index (κ3) is 2.71. The predicted molar refractivity (Wildman–Crippen MR) is 43.1 cm³/mol. The van der Waals surface area contributed by atoms with E-state index in [-0.39, 0.29) is 0 Å². The second-order valence-electron chi connectivity index (χ2n) is 2.85. The van der Waals surface area contributed by atoms with Crippen molar-refractivity contribution in [1.29, 1.82) is 0 Å². The minimum atomic E-state index is -5.06. The van der Waals surface area contributed by atoms with Crippen molar-refractivity contribution in [3.8, 4) is 0 Å². The van der Waals surface area contributed by atoms with E-state index < -0.39 is 44.1 Å². The number of carbonyl (C=O) groups excluding carboxylic acids is 1. The number of aliphatic hydroxyl groups is 2. The van der Waals surface area contributed by atoms with E-state index in [1.807, 2.05) is 0 Å². The first kappa shape index (κ1) is 12.9. The molecule has 2 atom stereocenters. The van der Waals surface area contributed by atoms with E-state index in [2.05, 4.69) is 9.26 Å². The van der Waals surface area contributed by atoms with Gasteiger partial charge in [-0.3, -0.25) is 9.79 Å². The minimum absolute atomic E-state index is 0.854. The second kappa shape index (κ2) is 4.40. The smallest absolute Gasteiger partial charge is 0.525 e. The highest BCUT2D eigenvalue weighted by molar-refractivity contribution is 7.46. The van der Waals surface area contributed by atoms with Crippen molar-refractivity contribution < 1.29 is 43.7 Å². The van der Waals surface area contributed by atoms with Crippen LogP contribution in [0.4, 0.5) is 0 Å². The van der Waals surface area contributed by atoms with Gasteiger partial charge in [-0.05, 0) is 5.76 Å². The Hall–Kier alpha value is -1.12. The van der Waals surface area contributed by atoms with Crippen LogP contribution in [0.5, 0.6) is 0 Å². The normalized spacial score (nSPS) is 23.2. The molecule has 10 heteroatoms. The molecule has 0 fully saturated rings. The monoisotopic (exact) mass is 255 g/mol. The van der Waals surface area contributed by atoms with Crippen LogP contribution in [0, 0.1) is 0 Å². The van der Waals surface area contributed by atoms with Crippen molar-refractivity contribution in [3.05, 3.63) is 11.5 Å². The Bertz CT molecular complexity index is 368. The van der Waals surface area contributed by atoms with E-state index >= 15 is 0 Å². The molecule has 2 unspecified atom stereocenters. The van der Waals surface area contributed by atoms with Crippen LogP contribution in [0.25, 0.3) is 0 Å². The fourth-order valence-electron chi connectivity index (χ4n) is 1.00. The van der Waals surface area contributed by atoms with E-state index in [0.717, 1.165) is 0 Å². The van der Waals surface area contributed by atoms with Gasteiger partial charge in [0.25, 0.3) is 0 Å². The molecule has 0 aliphatic carbocycles. The number of hydrogen-bond donors (Lipinski definition) is 4. The van der Waals surface area contributed by atoms with Gasteiger partial charge in [0.05, 0.1) is 6.61 Å². The van der Waals surface area contributed by atoms with Gasteiger partial charge in [0.1, 0.15) is 12.2 Å². The van der Waals surface area contributed by atoms with Gasteiger partial charge in [0, 0.05) is 0 Å². The zero-order valence-corrected chi connectivity index (χ0v) is 8.53. The lowest BCUT2D eigenvalue weighted by atomic mass is 10.2. The molecule has 92 valence electrons. The first-order valence-electron chi connectivity index (χ1n) is 3.92. The molecule has 9 nitrogen and oxygen atoms in total. The maximum absolute atomic E-state index is 11.3. The average Bonchev–Trinajstić information content (AvgIpc) is 2.42. The first-order chi connectivity index (χ1) is 7.26. The largest absolute Gasteiger partial charge is 0.870 e. The number of aliphatic hydroxyl groups excluding tert-OH is 2. The van der Waals surface area contributed by atoms with Gasteiger partial charge >= 0.3 is 13.8 Å². The van der Waals surface area contributed by atoms with Crippen molar-refractivity contribution in [1.82, 2.24) is 0 Å². The summed E-state index contributed by atoms with van der Waals surface area (Å²) in [5.74, 6) is -3.81. The van der Waals surface area contributed by atoms with E-state index in [4.69, 9.17) is 20.0 Å². The summed E-state index contributed by atoms with van der Waals surface area (Å²) >= 11 is 0. The fraction of sp³-hybridized carbons (Fsp3) is 0.500. The van der Waals surface area contributed by atoms with Crippen LogP contribution in [0.15, 0.2) is 11.5 Å². The average molecular weight is 255 g/mol. The van der Waals surface area contributed by atoms with Crippen molar-refractivity contribution >= 4 is 13.8 Å². The fourth-order valence-corrected chi connectivity index (χ4v) is 1.40. The SMILES string of the molecule is O=C1OC(C(O)CO)C([O-])=C1OP(=O)(O)O. The maximum atomic E-state index is 11.3. The molecule has 0 spiro atoms. The Morgan fingerprint density at radius 1 is 1.56 bits per heavy atom. The number of phosphoric ester groups is 1. The third-order valence-electron chi connectivity index (χ3n) is 1.65. The molecular weight excluding hydrogens is 247 g/mol.